The molecule has 2 aromatic rings. The molecule has 26 heavy (non-hydrogen) atoms. The van der Waals surface area contributed by atoms with Gasteiger partial charge in [-0.3, -0.25) is 4.79 Å². The van der Waals surface area contributed by atoms with Gasteiger partial charge >= 0.3 is 0 Å². The minimum Gasteiger partial charge on any atom is -0.346 e. The fourth-order valence-electron chi connectivity index (χ4n) is 3.09. The number of amides is 1. The number of carbonyl (C=O) groups is 1. The van der Waals surface area contributed by atoms with Gasteiger partial charge in [0.25, 0.3) is 5.91 Å². The molecule has 1 amide bonds. The molecule has 0 radical (unpaired) electrons. The van der Waals surface area contributed by atoms with Gasteiger partial charge in [-0.2, -0.15) is 4.31 Å². The SMILES string of the molecule is Cc1ccc(C(C)NC(=O)c2cccc(S(=O)(=O)N3CCCC3)c2)cc1. The summed E-state index contributed by atoms with van der Waals surface area (Å²) in [6.45, 7) is 5.01. The lowest BCUT2D eigenvalue weighted by Gasteiger charge is -2.17. The second-order valence-electron chi connectivity index (χ2n) is 6.74. The van der Waals surface area contributed by atoms with Crippen molar-refractivity contribution in [2.75, 3.05) is 13.1 Å². The van der Waals surface area contributed by atoms with Crippen molar-refractivity contribution in [3.63, 3.8) is 0 Å². The lowest BCUT2D eigenvalue weighted by molar-refractivity contribution is 0.0939. The van der Waals surface area contributed by atoms with Gasteiger partial charge in [-0.1, -0.05) is 35.9 Å². The van der Waals surface area contributed by atoms with Gasteiger partial charge in [0, 0.05) is 18.7 Å². The highest BCUT2D eigenvalue weighted by molar-refractivity contribution is 7.89. The number of sulfonamides is 1. The van der Waals surface area contributed by atoms with Crippen LogP contribution in [-0.2, 0) is 10.0 Å². The van der Waals surface area contributed by atoms with Crippen molar-refractivity contribution in [3.05, 3.63) is 65.2 Å². The molecule has 2 aromatic carbocycles. The molecule has 6 heteroatoms. The zero-order valence-corrected chi connectivity index (χ0v) is 15.9. The maximum absolute atomic E-state index is 12.7. The number of benzene rings is 2. The highest BCUT2D eigenvalue weighted by Crippen LogP contribution is 2.22. The molecule has 0 aromatic heterocycles. The van der Waals surface area contributed by atoms with Crippen LogP contribution in [0.3, 0.4) is 0 Å². The van der Waals surface area contributed by atoms with Crippen LogP contribution < -0.4 is 5.32 Å². The summed E-state index contributed by atoms with van der Waals surface area (Å²) < 4.78 is 26.8. The Bertz CT molecular complexity index is 886. The second-order valence-corrected chi connectivity index (χ2v) is 8.68. The van der Waals surface area contributed by atoms with Crippen molar-refractivity contribution in [2.24, 2.45) is 0 Å². The van der Waals surface area contributed by atoms with Gasteiger partial charge < -0.3 is 5.32 Å². The molecule has 0 spiro atoms. The van der Waals surface area contributed by atoms with E-state index in [2.05, 4.69) is 5.32 Å². The molecule has 1 fully saturated rings. The maximum Gasteiger partial charge on any atom is 0.251 e. The molecule has 1 aliphatic rings. The van der Waals surface area contributed by atoms with Crippen LogP contribution in [0.15, 0.2) is 53.4 Å². The van der Waals surface area contributed by atoms with Crippen LogP contribution in [0.5, 0.6) is 0 Å². The number of aryl methyl sites for hydroxylation is 1. The van der Waals surface area contributed by atoms with Crippen molar-refractivity contribution in [2.45, 2.75) is 37.6 Å². The predicted molar refractivity (Wildman–Crippen MR) is 101 cm³/mol. The van der Waals surface area contributed by atoms with Crippen molar-refractivity contribution < 1.29 is 13.2 Å². The van der Waals surface area contributed by atoms with E-state index in [1.54, 1.807) is 18.2 Å². The molecule has 5 nitrogen and oxygen atoms in total. The Kier molecular flexibility index (Phi) is 5.44. The van der Waals surface area contributed by atoms with E-state index in [0.29, 0.717) is 18.7 Å². The Labute approximate surface area is 155 Å². The van der Waals surface area contributed by atoms with Crippen LogP contribution in [0.25, 0.3) is 0 Å². The molecule has 1 heterocycles. The first-order valence-electron chi connectivity index (χ1n) is 8.85. The van der Waals surface area contributed by atoms with Crippen LogP contribution in [0.2, 0.25) is 0 Å². The molecule has 1 N–H and O–H groups in total. The van der Waals surface area contributed by atoms with E-state index >= 15 is 0 Å². The zero-order chi connectivity index (χ0) is 18.7. The van der Waals surface area contributed by atoms with Gasteiger partial charge in [0.05, 0.1) is 10.9 Å². The van der Waals surface area contributed by atoms with Gasteiger partial charge in [-0.25, -0.2) is 8.42 Å². The average molecular weight is 372 g/mol. The molecule has 138 valence electrons. The third-order valence-corrected chi connectivity index (χ3v) is 6.62. The van der Waals surface area contributed by atoms with E-state index in [1.807, 2.05) is 38.1 Å². The summed E-state index contributed by atoms with van der Waals surface area (Å²) in [6.07, 6.45) is 1.76. The first-order valence-corrected chi connectivity index (χ1v) is 10.3. The van der Waals surface area contributed by atoms with Crippen LogP contribution in [0, 0.1) is 6.92 Å². The van der Waals surface area contributed by atoms with Crippen molar-refractivity contribution in [3.8, 4) is 0 Å². The minimum atomic E-state index is -3.53. The minimum absolute atomic E-state index is 0.165. The van der Waals surface area contributed by atoms with Gasteiger partial charge in [-0.15, -0.1) is 0 Å². The highest BCUT2D eigenvalue weighted by Gasteiger charge is 2.27. The monoisotopic (exact) mass is 372 g/mol. The summed E-state index contributed by atoms with van der Waals surface area (Å²) in [5.74, 6) is -0.281. The molecule has 0 aliphatic carbocycles. The number of rotatable bonds is 5. The number of hydrogen-bond donors (Lipinski definition) is 1. The molecule has 3 rings (SSSR count). The Morgan fingerprint density at radius 1 is 1.08 bits per heavy atom. The summed E-state index contributed by atoms with van der Waals surface area (Å²) in [7, 11) is -3.53. The quantitative estimate of drug-likeness (QED) is 0.876. The third-order valence-electron chi connectivity index (χ3n) is 4.72. The van der Waals surface area contributed by atoms with E-state index in [9.17, 15) is 13.2 Å². The van der Waals surface area contributed by atoms with Crippen LogP contribution in [0.1, 0.15) is 47.3 Å². The molecular formula is C20H24N2O3S. The van der Waals surface area contributed by atoms with E-state index in [1.165, 1.54) is 10.4 Å². The van der Waals surface area contributed by atoms with Crippen molar-refractivity contribution >= 4 is 15.9 Å². The fraction of sp³-hybridized carbons (Fsp3) is 0.350. The maximum atomic E-state index is 12.7. The standard InChI is InChI=1S/C20H24N2O3S/c1-15-8-10-17(11-9-15)16(2)21-20(23)18-6-5-7-19(14-18)26(24,25)22-12-3-4-13-22/h5-11,14,16H,3-4,12-13H2,1-2H3,(H,21,23). The molecule has 1 aliphatic heterocycles. The molecule has 0 saturated carbocycles. The number of nitrogens with zero attached hydrogens (tertiary/aromatic N) is 1. The highest BCUT2D eigenvalue weighted by atomic mass is 32.2. The lowest BCUT2D eigenvalue weighted by atomic mass is 10.1. The van der Waals surface area contributed by atoms with E-state index in [-0.39, 0.29) is 16.8 Å². The van der Waals surface area contributed by atoms with E-state index in [0.717, 1.165) is 24.0 Å². The van der Waals surface area contributed by atoms with Gasteiger partial charge in [0.15, 0.2) is 0 Å². The Morgan fingerprint density at radius 2 is 1.73 bits per heavy atom. The molecule has 1 unspecified atom stereocenters. The summed E-state index contributed by atoms with van der Waals surface area (Å²) in [5.41, 5.74) is 2.51. The molecule has 1 atom stereocenters. The summed E-state index contributed by atoms with van der Waals surface area (Å²) >= 11 is 0. The smallest absolute Gasteiger partial charge is 0.251 e. The third kappa shape index (κ3) is 3.97. The average Bonchev–Trinajstić information content (AvgIpc) is 3.18. The Hall–Kier alpha value is -2.18. The second kappa shape index (κ2) is 7.60. The number of nitrogens with one attached hydrogen (secondary N) is 1. The topological polar surface area (TPSA) is 66.5 Å². The van der Waals surface area contributed by atoms with E-state index in [4.69, 9.17) is 0 Å². The largest absolute Gasteiger partial charge is 0.346 e. The Balaban J connectivity index is 1.77. The van der Waals surface area contributed by atoms with Gasteiger partial charge in [-0.05, 0) is 50.5 Å². The number of hydrogen-bond acceptors (Lipinski definition) is 3. The summed E-state index contributed by atoms with van der Waals surface area (Å²) in [4.78, 5) is 12.8. The number of carbonyl (C=O) groups excluding carboxylic acids is 1. The normalized spacial score (nSPS) is 16.4. The van der Waals surface area contributed by atoms with Crippen LogP contribution in [0.4, 0.5) is 0 Å². The summed E-state index contributed by atoms with van der Waals surface area (Å²) in [6, 6.07) is 14.1. The van der Waals surface area contributed by atoms with E-state index < -0.39 is 10.0 Å². The first kappa shape index (κ1) is 18.6. The summed E-state index contributed by atoms with van der Waals surface area (Å²) in [5, 5.41) is 2.93. The first-order chi connectivity index (χ1) is 12.4. The Morgan fingerprint density at radius 3 is 2.38 bits per heavy atom. The van der Waals surface area contributed by atoms with Gasteiger partial charge in [0.2, 0.25) is 10.0 Å². The van der Waals surface area contributed by atoms with Crippen LogP contribution >= 0.6 is 0 Å². The molecule has 1 saturated heterocycles. The van der Waals surface area contributed by atoms with Crippen molar-refractivity contribution in [1.82, 2.24) is 9.62 Å². The van der Waals surface area contributed by atoms with Crippen molar-refractivity contribution in [1.29, 1.82) is 0 Å². The predicted octanol–water partition coefficient (Wildman–Crippen LogP) is 3.27. The van der Waals surface area contributed by atoms with Gasteiger partial charge in [0.1, 0.15) is 0 Å². The fourth-order valence-corrected chi connectivity index (χ4v) is 4.66. The van der Waals surface area contributed by atoms with Crippen LogP contribution in [-0.4, -0.2) is 31.7 Å². The molecular weight excluding hydrogens is 348 g/mol. The molecule has 0 bridgehead atoms. The lowest BCUT2D eigenvalue weighted by Crippen LogP contribution is -2.29. The zero-order valence-electron chi connectivity index (χ0n) is 15.1.